The normalized spacial score (nSPS) is 12.3. The number of hydrogen-bond donors (Lipinski definition) is 1. The summed E-state index contributed by atoms with van der Waals surface area (Å²) >= 11 is 0. The molecule has 0 aliphatic rings. The third-order valence-corrected chi connectivity index (χ3v) is 2.68. The average molecular weight is 243 g/mol. The van der Waals surface area contributed by atoms with Crippen molar-refractivity contribution in [2.75, 3.05) is 13.7 Å². The number of carbonyl (C=O) groups is 1. The molecule has 0 radical (unpaired) electrons. The molecule has 0 fully saturated rings. The van der Waals surface area contributed by atoms with Gasteiger partial charge >= 0.3 is 0 Å². The minimum atomic E-state index is -0.733. The molecule has 1 rings (SSSR count). The highest BCUT2D eigenvalue weighted by molar-refractivity contribution is 5.78. The summed E-state index contributed by atoms with van der Waals surface area (Å²) in [4.78, 5) is 13.0. The third-order valence-electron chi connectivity index (χ3n) is 2.68. The number of benzene rings is 1. The van der Waals surface area contributed by atoms with Crippen LogP contribution in [0.2, 0.25) is 0 Å². The van der Waals surface area contributed by atoms with Crippen molar-refractivity contribution in [3.8, 4) is 0 Å². The fourth-order valence-corrected chi connectivity index (χ4v) is 1.32. The largest absolute Gasteiger partial charge is 0.394 e. The molecule has 0 heterocycles. The Labute approximate surface area is 98.7 Å². The Kier molecular flexibility index (Phi) is 4.57. The summed E-state index contributed by atoms with van der Waals surface area (Å²) in [5, 5.41) is 8.89. The summed E-state index contributed by atoms with van der Waals surface area (Å²) in [5.41, 5.74) is 0.147. The van der Waals surface area contributed by atoms with Crippen LogP contribution in [0.3, 0.4) is 0 Å². The fraction of sp³-hybridized carbons (Fsp3) is 0.417. The Morgan fingerprint density at radius 3 is 2.65 bits per heavy atom. The zero-order valence-corrected chi connectivity index (χ0v) is 9.78. The van der Waals surface area contributed by atoms with Crippen molar-refractivity contribution < 1.29 is 18.7 Å². The lowest BCUT2D eigenvalue weighted by Crippen LogP contribution is -2.38. The van der Waals surface area contributed by atoms with E-state index in [9.17, 15) is 13.6 Å². The minimum Gasteiger partial charge on any atom is -0.394 e. The Balaban J connectivity index is 2.74. The smallest absolute Gasteiger partial charge is 0.227 e. The highest BCUT2D eigenvalue weighted by atomic mass is 19.1. The first-order valence-corrected chi connectivity index (χ1v) is 5.26. The molecule has 1 amide bonds. The fourth-order valence-electron chi connectivity index (χ4n) is 1.32. The molecule has 0 spiro atoms. The summed E-state index contributed by atoms with van der Waals surface area (Å²) in [7, 11) is 1.53. The van der Waals surface area contributed by atoms with Crippen LogP contribution in [0.1, 0.15) is 12.5 Å². The van der Waals surface area contributed by atoms with Gasteiger partial charge in [0.05, 0.1) is 19.1 Å². The Morgan fingerprint density at radius 2 is 2.12 bits per heavy atom. The van der Waals surface area contributed by atoms with E-state index < -0.39 is 11.6 Å². The molecule has 1 atom stereocenters. The number of halogens is 2. The molecule has 94 valence electrons. The lowest BCUT2D eigenvalue weighted by Gasteiger charge is -2.23. The zero-order chi connectivity index (χ0) is 13.0. The molecule has 1 aromatic rings. The monoisotopic (exact) mass is 243 g/mol. The molecule has 1 N–H and O–H groups in total. The van der Waals surface area contributed by atoms with Crippen molar-refractivity contribution in [2.45, 2.75) is 19.4 Å². The second-order valence-electron chi connectivity index (χ2n) is 3.95. The second-order valence-corrected chi connectivity index (χ2v) is 3.95. The number of aliphatic hydroxyl groups excluding tert-OH is 1. The number of rotatable bonds is 4. The van der Waals surface area contributed by atoms with Gasteiger partial charge in [-0.1, -0.05) is 6.07 Å². The topological polar surface area (TPSA) is 40.5 Å². The van der Waals surface area contributed by atoms with E-state index in [1.807, 2.05) is 0 Å². The van der Waals surface area contributed by atoms with Gasteiger partial charge in [0.2, 0.25) is 5.91 Å². The summed E-state index contributed by atoms with van der Waals surface area (Å²) in [6.07, 6.45) is -0.146. The first-order valence-electron chi connectivity index (χ1n) is 5.26. The molecule has 0 aromatic heterocycles. The van der Waals surface area contributed by atoms with Gasteiger partial charge in [0.15, 0.2) is 0 Å². The molecule has 0 saturated carbocycles. The molecule has 0 aliphatic carbocycles. The second kappa shape index (κ2) is 5.72. The van der Waals surface area contributed by atoms with E-state index in [0.717, 1.165) is 12.1 Å². The predicted molar refractivity (Wildman–Crippen MR) is 59.4 cm³/mol. The highest BCUT2D eigenvalue weighted by Crippen LogP contribution is 2.11. The van der Waals surface area contributed by atoms with Gasteiger partial charge in [0, 0.05) is 13.1 Å². The molecular formula is C12H15F2NO2. The third kappa shape index (κ3) is 3.49. The van der Waals surface area contributed by atoms with Crippen molar-refractivity contribution in [3.05, 3.63) is 35.4 Å². The number of amides is 1. The van der Waals surface area contributed by atoms with Gasteiger partial charge in [0.1, 0.15) is 11.6 Å². The maximum Gasteiger partial charge on any atom is 0.227 e. The molecule has 0 aliphatic heterocycles. The van der Waals surface area contributed by atoms with Gasteiger partial charge in [-0.05, 0) is 18.6 Å². The van der Waals surface area contributed by atoms with Crippen molar-refractivity contribution in [3.63, 3.8) is 0 Å². The first-order chi connectivity index (χ1) is 7.95. The Morgan fingerprint density at radius 1 is 1.47 bits per heavy atom. The number of carbonyl (C=O) groups excluding carboxylic acids is 1. The summed E-state index contributed by atoms with van der Waals surface area (Å²) < 4.78 is 26.0. The van der Waals surface area contributed by atoms with Crippen LogP contribution in [0.25, 0.3) is 0 Å². The van der Waals surface area contributed by atoms with Crippen molar-refractivity contribution in [1.29, 1.82) is 0 Å². The SMILES string of the molecule is CC(CO)N(C)C(=O)Cc1ccc(F)cc1F. The quantitative estimate of drug-likeness (QED) is 0.867. The van der Waals surface area contributed by atoms with Gasteiger partial charge in [-0.15, -0.1) is 0 Å². The van der Waals surface area contributed by atoms with Gasteiger partial charge < -0.3 is 10.0 Å². The first kappa shape index (κ1) is 13.6. The van der Waals surface area contributed by atoms with Crippen LogP contribution >= 0.6 is 0 Å². The van der Waals surface area contributed by atoms with Crippen molar-refractivity contribution in [2.24, 2.45) is 0 Å². The summed E-state index contributed by atoms with van der Waals surface area (Å²) in [6.45, 7) is 1.52. The van der Waals surface area contributed by atoms with Crippen LogP contribution in [0.15, 0.2) is 18.2 Å². The molecule has 1 unspecified atom stereocenters. The van der Waals surface area contributed by atoms with Gasteiger partial charge in [-0.25, -0.2) is 8.78 Å². The molecule has 5 heteroatoms. The van der Waals surface area contributed by atoms with Crippen molar-refractivity contribution >= 4 is 5.91 Å². The summed E-state index contributed by atoms with van der Waals surface area (Å²) in [6, 6.07) is 2.78. The van der Waals surface area contributed by atoms with E-state index in [2.05, 4.69) is 0 Å². The number of aliphatic hydroxyl groups is 1. The number of hydrogen-bond acceptors (Lipinski definition) is 2. The van der Waals surface area contributed by atoms with Crippen LogP contribution in [0.5, 0.6) is 0 Å². The lowest BCUT2D eigenvalue weighted by molar-refractivity contribution is -0.131. The molecule has 17 heavy (non-hydrogen) atoms. The van der Waals surface area contributed by atoms with Crippen molar-refractivity contribution in [1.82, 2.24) is 4.90 Å². The molecular weight excluding hydrogens is 228 g/mol. The van der Waals surface area contributed by atoms with Crippen LogP contribution in [-0.2, 0) is 11.2 Å². The van der Waals surface area contributed by atoms with E-state index in [1.165, 1.54) is 18.0 Å². The van der Waals surface area contributed by atoms with E-state index >= 15 is 0 Å². The number of likely N-dealkylation sites (N-methyl/N-ethyl adjacent to an activating group) is 1. The average Bonchev–Trinajstić information content (AvgIpc) is 2.30. The molecule has 3 nitrogen and oxygen atoms in total. The van der Waals surface area contributed by atoms with Crippen LogP contribution in [0.4, 0.5) is 8.78 Å². The molecule has 0 saturated heterocycles. The van der Waals surface area contributed by atoms with Gasteiger partial charge in [0.25, 0.3) is 0 Å². The van der Waals surface area contributed by atoms with E-state index in [-0.39, 0.29) is 30.5 Å². The molecule has 1 aromatic carbocycles. The predicted octanol–water partition coefficient (Wildman–Crippen LogP) is 1.35. The van der Waals surface area contributed by atoms with E-state index in [0.29, 0.717) is 0 Å². The van der Waals surface area contributed by atoms with Crippen LogP contribution < -0.4 is 0 Å². The Bertz CT molecular complexity index is 409. The standard InChI is InChI=1S/C12H15F2NO2/c1-8(7-16)15(2)12(17)5-9-3-4-10(13)6-11(9)14/h3-4,6,8,16H,5,7H2,1-2H3. The van der Waals surface area contributed by atoms with Crippen LogP contribution in [0, 0.1) is 11.6 Å². The van der Waals surface area contributed by atoms with E-state index in [4.69, 9.17) is 5.11 Å². The van der Waals surface area contributed by atoms with Gasteiger partial charge in [-0.2, -0.15) is 0 Å². The zero-order valence-electron chi connectivity index (χ0n) is 9.78. The number of nitrogens with zero attached hydrogens (tertiary/aromatic N) is 1. The highest BCUT2D eigenvalue weighted by Gasteiger charge is 2.17. The lowest BCUT2D eigenvalue weighted by atomic mass is 10.1. The minimum absolute atomic E-state index is 0.146. The molecule has 0 bridgehead atoms. The van der Waals surface area contributed by atoms with Crippen LogP contribution in [-0.4, -0.2) is 35.6 Å². The Hall–Kier alpha value is -1.49. The maximum absolute atomic E-state index is 13.3. The summed E-state index contributed by atoms with van der Waals surface area (Å²) in [5.74, 6) is -1.73. The maximum atomic E-state index is 13.3. The van der Waals surface area contributed by atoms with E-state index in [1.54, 1.807) is 6.92 Å². The van der Waals surface area contributed by atoms with Gasteiger partial charge in [-0.3, -0.25) is 4.79 Å².